The van der Waals surface area contributed by atoms with E-state index >= 15 is 0 Å². The van der Waals surface area contributed by atoms with Crippen molar-refractivity contribution in [3.05, 3.63) is 23.8 Å². The van der Waals surface area contributed by atoms with Gasteiger partial charge in [-0.05, 0) is 35.9 Å². The summed E-state index contributed by atoms with van der Waals surface area (Å²) in [4.78, 5) is 14.3. The fourth-order valence-electron chi connectivity index (χ4n) is 1.02. The zero-order valence-electron chi connectivity index (χ0n) is 7.41. The number of benzene rings is 1. The highest BCUT2D eigenvalue weighted by Gasteiger charge is 2.15. The highest BCUT2D eigenvalue weighted by molar-refractivity contribution is 7.78. The van der Waals surface area contributed by atoms with Crippen LogP contribution >= 0.6 is 12.2 Å². The minimum absolute atomic E-state index is 0.0406. The Balaban J connectivity index is 3.32. The predicted molar refractivity (Wildman–Crippen MR) is 57.9 cm³/mol. The topological polar surface area (TPSA) is 90.1 Å². The molecule has 5 nitrogen and oxygen atoms in total. The molecule has 0 unspecified atom stereocenters. The molecule has 0 aliphatic rings. The number of rotatable bonds is 3. The van der Waals surface area contributed by atoms with Crippen LogP contribution in [-0.4, -0.2) is 33.4 Å². The van der Waals surface area contributed by atoms with E-state index < -0.39 is 13.1 Å². The summed E-state index contributed by atoms with van der Waals surface area (Å²) < 4.78 is 0. The van der Waals surface area contributed by atoms with Crippen LogP contribution in [0.5, 0.6) is 0 Å². The van der Waals surface area contributed by atoms with Gasteiger partial charge in [-0.15, -0.1) is 0 Å². The number of hydrogen-bond donors (Lipinski definition) is 3. The summed E-state index contributed by atoms with van der Waals surface area (Å²) in [6.07, 6.45) is 0. The van der Waals surface area contributed by atoms with Crippen molar-refractivity contribution in [1.29, 1.82) is 0 Å². The first-order chi connectivity index (χ1) is 7.04. The SMILES string of the molecule is O=C(O)c1cc(N=C=S)cc(B(O)O)c1. The lowest BCUT2D eigenvalue weighted by Crippen LogP contribution is -2.30. The molecule has 15 heavy (non-hydrogen) atoms. The summed E-state index contributed by atoms with van der Waals surface area (Å²) in [5.74, 6) is -1.18. The van der Waals surface area contributed by atoms with Crippen LogP contribution in [0.4, 0.5) is 5.69 Å². The molecule has 0 heterocycles. The zero-order chi connectivity index (χ0) is 11.4. The molecule has 0 saturated heterocycles. The van der Waals surface area contributed by atoms with E-state index in [0.717, 1.165) is 6.07 Å². The number of aliphatic imine (C=N–C) groups is 1. The summed E-state index contributed by atoms with van der Waals surface area (Å²) in [7, 11) is -1.75. The van der Waals surface area contributed by atoms with Gasteiger partial charge < -0.3 is 15.2 Å². The molecule has 0 aliphatic heterocycles. The Kier molecular flexibility index (Phi) is 3.71. The summed E-state index contributed by atoms with van der Waals surface area (Å²) >= 11 is 4.36. The maximum Gasteiger partial charge on any atom is 0.488 e. The number of carboxylic acid groups (broad SMARTS) is 1. The van der Waals surface area contributed by atoms with E-state index in [2.05, 4.69) is 22.4 Å². The van der Waals surface area contributed by atoms with Crippen LogP contribution in [-0.2, 0) is 0 Å². The first-order valence-corrected chi connectivity index (χ1v) is 4.27. The smallest absolute Gasteiger partial charge is 0.478 e. The quantitative estimate of drug-likeness (QED) is 0.375. The van der Waals surface area contributed by atoms with Crippen molar-refractivity contribution < 1.29 is 19.9 Å². The van der Waals surface area contributed by atoms with E-state index in [1.54, 1.807) is 0 Å². The highest BCUT2D eigenvalue weighted by atomic mass is 32.1. The Bertz CT molecular complexity index is 422. The second-order valence-electron chi connectivity index (χ2n) is 2.70. The monoisotopic (exact) mass is 223 g/mol. The van der Waals surface area contributed by atoms with Crippen LogP contribution in [0.3, 0.4) is 0 Å². The van der Waals surface area contributed by atoms with Crippen molar-refractivity contribution in [2.24, 2.45) is 4.99 Å². The second-order valence-corrected chi connectivity index (χ2v) is 2.88. The Morgan fingerprint density at radius 1 is 1.40 bits per heavy atom. The third kappa shape index (κ3) is 2.97. The fraction of sp³-hybridized carbons (Fsp3) is 0. The summed E-state index contributed by atoms with van der Waals surface area (Å²) in [6, 6.07) is 3.72. The molecule has 0 spiro atoms. The van der Waals surface area contributed by atoms with Gasteiger partial charge in [-0.3, -0.25) is 0 Å². The number of thiocarbonyl (C=S) groups is 1. The average molecular weight is 223 g/mol. The number of hydrogen-bond acceptors (Lipinski definition) is 5. The van der Waals surface area contributed by atoms with E-state index in [4.69, 9.17) is 15.2 Å². The van der Waals surface area contributed by atoms with Crippen LogP contribution in [0.1, 0.15) is 10.4 Å². The van der Waals surface area contributed by atoms with E-state index in [1.165, 1.54) is 12.1 Å². The Labute approximate surface area is 90.9 Å². The predicted octanol–water partition coefficient (Wildman–Crippen LogP) is -0.201. The minimum atomic E-state index is -1.75. The molecular formula is C8H6BNO4S. The molecule has 0 radical (unpaired) electrons. The molecule has 1 rings (SSSR count). The normalized spacial score (nSPS) is 9.20. The molecule has 7 heteroatoms. The van der Waals surface area contributed by atoms with Crippen molar-refractivity contribution in [2.45, 2.75) is 0 Å². The van der Waals surface area contributed by atoms with Crippen molar-refractivity contribution >= 4 is 41.6 Å². The number of aromatic carboxylic acids is 1. The molecule has 0 aromatic heterocycles. The second kappa shape index (κ2) is 4.81. The Morgan fingerprint density at radius 2 is 2.07 bits per heavy atom. The van der Waals surface area contributed by atoms with Gasteiger partial charge >= 0.3 is 13.1 Å². The van der Waals surface area contributed by atoms with Crippen molar-refractivity contribution in [3.8, 4) is 0 Å². The molecule has 0 saturated carbocycles. The Morgan fingerprint density at radius 3 is 2.53 bits per heavy atom. The van der Waals surface area contributed by atoms with Crippen LogP contribution in [0.25, 0.3) is 0 Å². The lowest BCUT2D eigenvalue weighted by Gasteiger charge is -2.02. The summed E-state index contributed by atoms with van der Waals surface area (Å²) in [5.41, 5.74) is 0.163. The molecule has 0 fully saturated rings. The molecule has 0 amide bonds. The number of isothiocyanates is 1. The lowest BCUT2D eigenvalue weighted by molar-refractivity contribution is 0.0697. The van der Waals surface area contributed by atoms with Gasteiger partial charge in [-0.1, -0.05) is 0 Å². The zero-order valence-corrected chi connectivity index (χ0v) is 8.23. The van der Waals surface area contributed by atoms with E-state index in [1.807, 2.05) is 0 Å². The van der Waals surface area contributed by atoms with Crippen LogP contribution in [0.2, 0.25) is 0 Å². The molecule has 0 bridgehead atoms. The molecule has 76 valence electrons. The van der Waals surface area contributed by atoms with E-state index in [0.29, 0.717) is 0 Å². The molecule has 3 N–H and O–H groups in total. The maximum absolute atomic E-state index is 10.7. The summed E-state index contributed by atoms with van der Waals surface area (Å²) in [6.45, 7) is 0. The van der Waals surface area contributed by atoms with Gasteiger partial charge in [0.2, 0.25) is 0 Å². The number of nitrogens with zero attached hydrogens (tertiary/aromatic N) is 1. The minimum Gasteiger partial charge on any atom is -0.478 e. The van der Waals surface area contributed by atoms with Crippen molar-refractivity contribution in [2.75, 3.05) is 0 Å². The van der Waals surface area contributed by atoms with Gasteiger partial charge in [0.25, 0.3) is 0 Å². The fourth-order valence-corrected chi connectivity index (χ4v) is 1.13. The molecule has 1 aromatic rings. The van der Waals surface area contributed by atoms with Crippen LogP contribution in [0.15, 0.2) is 23.2 Å². The first-order valence-electron chi connectivity index (χ1n) is 3.87. The van der Waals surface area contributed by atoms with Gasteiger partial charge in [-0.25, -0.2) is 4.79 Å². The van der Waals surface area contributed by atoms with E-state index in [9.17, 15) is 4.79 Å². The average Bonchev–Trinajstić information content (AvgIpc) is 2.17. The van der Waals surface area contributed by atoms with Gasteiger partial charge in [0.1, 0.15) is 0 Å². The van der Waals surface area contributed by atoms with Gasteiger partial charge in [-0.2, -0.15) is 4.99 Å². The molecular weight excluding hydrogens is 217 g/mol. The molecule has 0 aliphatic carbocycles. The standard InChI is InChI=1S/C8H6BNO4S/c11-8(12)5-1-6(9(13)14)3-7(2-5)10-4-15/h1-3,13-14H,(H,11,12). The van der Waals surface area contributed by atoms with Gasteiger partial charge in [0.05, 0.1) is 16.4 Å². The first kappa shape index (κ1) is 11.5. The van der Waals surface area contributed by atoms with Crippen molar-refractivity contribution in [1.82, 2.24) is 0 Å². The Hall–Kier alpha value is -1.53. The largest absolute Gasteiger partial charge is 0.488 e. The van der Waals surface area contributed by atoms with Gasteiger partial charge in [0.15, 0.2) is 0 Å². The molecule has 1 aromatic carbocycles. The van der Waals surface area contributed by atoms with Crippen LogP contribution < -0.4 is 5.46 Å². The van der Waals surface area contributed by atoms with Crippen LogP contribution in [0, 0.1) is 0 Å². The summed E-state index contributed by atoms with van der Waals surface area (Å²) in [5, 5.41) is 28.6. The maximum atomic E-state index is 10.7. The van der Waals surface area contributed by atoms with E-state index in [-0.39, 0.29) is 16.7 Å². The third-order valence-electron chi connectivity index (χ3n) is 1.66. The molecule has 0 atom stereocenters. The van der Waals surface area contributed by atoms with Gasteiger partial charge in [0, 0.05) is 0 Å². The van der Waals surface area contributed by atoms with Crippen molar-refractivity contribution in [3.63, 3.8) is 0 Å². The third-order valence-corrected chi connectivity index (χ3v) is 1.75. The number of carbonyl (C=O) groups is 1. The highest BCUT2D eigenvalue weighted by Crippen LogP contribution is 2.12. The number of carboxylic acids is 1. The lowest BCUT2D eigenvalue weighted by atomic mass is 9.79.